The quantitative estimate of drug-likeness (QED) is 0.734. The summed E-state index contributed by atoms with van der Waals surface area (Å²) in [5.74, 6) is 0. The molecule has 1 aromatic heterocycles. The second kappa shape index (κ2) is 3.62. The fraction of sp³-hybridized carbons (Fsp3) is 0.714. The van der Waals surface area contributed by atoms with Gasteiger partial charge >= 0.3 is 0 Å². The first kappa shape index (κ1) is 9.12. The molecule has 1 rings (SSSR count). The van der Waals surface area contributed by atoms with Gasteiger partial charge in [0.25, 0.3) is 0 Å². The Morgan fingerprint density at radius 2 is 2.33 bits per heavy atom. The fourth-order valence-electron chi connectivity index (χ4n) is 0.998. The summed E-state index contributed by atoms with van der Waals surface area (Å²) >= 11 is 0. The minimum Gasteiger partial charge on any atom is -0.327 e. The van der Waals surface area contributed by atoms with Gasteiger partial charge in [-0.15, -0.1) is 5.10 Å². The molecule has 12 heavy (non-hydrogen) atoms. The molecule has 0 spiro atoms. The summed E-state index contributed by atoms with van der Waals surface area (Å²) in [7, 11) is 0. The van der Waals surface area contributed by atoms with Gasteiger partial charge in [-0.1, -0.05) is 5.21 Å². The minimum absolute atomic E-state index is 0.0277. The standard InChI is InChI=1S/C7H13FN4/c1-5(2)12-7(4-10-11-12)6(8)3-9/h4-6H,3,9H2,1-2H3. The molecule has 68 valence electrons. The normalized spacial score (nSPS) is 13.8. The van der Waals surface area contributed by atoms with Gasteiger partial charge < -0.3 is 5.73 Å². The highest BCUT2D eigenvalue weighted by Crippen LogP contribution is 2.17. The maximum atomic E-state index is 13.1. The molecule has 4 nitrogen and oxygen atoms in total. The fourth-order valence-corrected chi connectivity index (χ4v) is 0.998. The molecule has 5 heteroatoms. The van der Waals surface area contributed by atoms with Crippen molar-refractivity contribution in [3.63, 3.8) is 0 Å². The van der Waals surface area contributed by atoms with Crippen molar-refractivity contribution in [2.45, 2.75) is 26.1 Å². The molecule has 0 radical (unpaired) electrons. The molecule has 0 saturated carbocycles. The molecule has 0 aliphatic rings. The van der Waals surface area contributed by atoms with E-state index in [-0.39, 0.29) is 12.6 Å². The summed E-state index contributed by atoms with van der Waals surface area (Å²) in [6.07, 6.45) is 0.250. The van der Waals surface area contributed by atoms with Gasteiger partial charge in [-0.05, 0) is 13.8 Å². The van der Waals surface area contributed by atoms with Crippen LogP contribution in [0.4, 0.5) is 4.39 Å². The van der Waals surface area contributed by atoms with Gasteiger partial charge in [0.1, 0.15) is 0 Å². The third-order valence-electron chi connectivity index (χ3n) is 1.62. The Labute approximate surface area is 70.6 Å². The first-order valence-corrected chi connectivity index (χ1v) is 3.91. The van der Waals surface area contributed by atoms with Gasteiger partial charge in [0.15, 0.2) is 6.17 Å². The number of hydrogen-bond donors (Lipinski definition) is 1. The Balaban J connectivity index is 2.91. The van der Waals surface area contributed by atoms with Crippen LogP contribution in [-0.2, 0) is 0 Å². The van der Waals surface area contributed by atoms with Gasteiger partial charge in [0, 0.05) is 12.6 Å². The van der Waals surface area contributed by atoms with Crippen LogP contribution in [0.1, 0.15) is 31.8 Å². The Morgan fingerprint density at radius 3 is 2.83 bits per heavy atom. The predicted molar refractivity (Wildman–Crippen MR) is 43.3 cm³/mol. The Kier molecular flexibility index (Phi) is 2.75. The van der Waals surface area contributed by atoms with Crippen molar-refractivity contribution >= 4 is 0 Å². The SMILES string of the molecule is CC(C)n1nncc1C(F)CN. The third kappa shape index (κ3) is 1.61. The van der Waals surface area contributed by atoms with E-state index < -0.39 is 6.17 Å². The molecule has 0 bridgehead atoms. The molecule has 0 saturated heterocycles. The summed E-state index contributed by atoms with van der Waals surface area (Å²) in [4.78, 5) is 0. The number of nitrogens with zero attached hydrogens (tertiary/aromatic N) is 3. The van der Waals surface area contributed by atoms with Crippen LogP contribution in [0.25, 0.3) is 0 Å². The highest BCUT2D eigenvalue weighted by molar-refractivity contribution is 5.00. The van der Waals surface area contributed by atoms with Gasteiger partial charge in [0.05, 0.1) is 11.9 Å². The molecule has 2 N–H and O–H groups in total. The van der Waals surface area contributed by atoms with E-state index in [4.69, 9.17) is 5.73 Å². The van der Waals surface area contributed by atoms with E-state index in [9.17, 15) is 4.39 Å². The summed E-state index contributed by atoms with van der Waals surface area (Å²) in [6, 6.07) is 0.118. The van der Waals surface area contributed by atoms with Crippen LogP contribution in [0.15, 0.2) is 6.20 Å². The lowest BCUT2D eigenvalue weighted by atomic mass is 10.2. The van der Waals surface area contributed by atoms with E-state index in [0.717, 1.165) is 0 Å². The molecule has 0 amide bonds. The Morgan fingerprint density at radius 1 is 1.67 bits per heavy atom. The molecular formula is C7H13FN4. The Hall–Kier alpha value is -0.970. The summed E-state index contributed by atoms with van der Waals surface area (Å²) in [5.41, 5.74) is 5.64. The smallest absolute Gasteiger partial charge is 0.155 e. The van der Waals surface area contributed by atoms with Gasteiger partial charge in [-0.25, -0.2) is 9.07 Å². The largest absolute Gasteiger partial charge is 0.327 e. The minimum atomic E-state index is -1.16. The number of rotatable bonds is 3. The van der Waals surface area contributed by atoms with Crippen LogP contribution in [-0.4, -0.2) is 21.5 Å². The van der Waals surface area contributed by atoms with E-state index in [1.165, 1.54) is 10.9 Å². The second-order valence-corrected chi connectivity index (χ2v) is 2.90. The molecule has 1 heterocycles. The predicted octanol–water partition coefficient (Wildman–Crippen LogP) is 0.828. The highest BCUT2D eigenvalue weighted by Gasteiger charge is 2.15. The van der Waals surface area contributed by atoms with Crippen LogP contribution in [0.2, 0.25) is 0 Å². The zero-order valence-corrected chi connectivity index (χ0v) is 7.24. The summed E-state index contributed by atoms with van der Waals surface area (Å²) < 4.78 is 14.6. The van der Waals surface area contributed by atoms with Gasteiger partial charge in [-0.3, -0.25) is 0 Å². The van der Waals surface area contributed by atoms with Crippen molar-refractivity contribution in [2.75, 3.05) is 6.54 Å². The lowest BCUT2D eigenvalue weighted by molar-refractivity contribution is 0.320. The van der Waals surface area contributed by atoms with Crippen molar-refractivity contribution in [3.8, 4) is 0 Å². The Bertz CT molecular complexity index is 245. The average Bonchev–Trinajstić information content (AvgIpc) is 2.50. The lowest BCUT2D eigenvalue weighted by Crippen LogP contribution is -2.15. The second-order valence-electron chi connectivity index (χ2n) is 2.90. The third-order valence-corrected chi connectivity index (χ3v) is 1.62. The van der Waals surface area contributed by atoms with Gasteiger partial charge in [0.2, 0.25) is 0 Å². The van der Waals surface area contributed by atoms with Crippen molar-refractivity contribution in [1.82, 2.24) is 15.0 Å². The van der Waals surface area contributed by atoms with E-state index in [1.807, 2.05) is 13.8 Å². The van der Waals surface area contributed by atoms with E-state index in [1.54, 1.807) is 0 Å². The monoisotopic (exact) mass is 172 g/mol. The van der Waals surface area contributed by atoms with E-state index in [0.29, 0.717) is 5.69 Å². The van der Waals surface area contributed by atoms with Crippen LogP contribution in [0, 0.1) is 0 Å². The molecule has 1 atom stereocenters. The number of hydrogen-bond acceptors (Lipinski definition) is 3. The lowest BCUT2D eigenvalue weighted by Gasteiger charge is -2.10. The maximum absolute atomic E-state index is 13.1. The number of halogens is 1. The molecule has 0 aliphatic carbocycles. The van der Waals surface area contributed by atoms with Crippen molar-refractivity contribution in [2.24, 2.45) is 5.73 Å². The van der Waals surface area contributed by atoms with Crippen molar-refractivity contribution in [1.29, 1.82) is 0 Å². The number of alkyl halides is 1. The van der Waals surface area contributed by atoms with Crippen LogP contribution < -0.4 is 5.73 Å². The number of nitrogens with two attached hydrogens (primary N) is 1. The molecule has 1 aromatic rings. The average molecular weight is 172 g/mol. The zero-order valence-electron chi connectivity index (χ0n) is 7.24. The molecule has 0 aromatic carbocycles. The summed E-state index contributed by atoms with van der Waals surface area (Å²) in [5, 5.41) is 7.39. The molecule has 0 fully saturated rings. The summed E-state index contributed by atoms with van der Waals surface area (Å²) in [6.45, 7) is 3.81. The zero-order chi connectivity index (χ0) is 9.14. The first-order valence-electron chi connectivity index (χ1n) is 3.91. The topological polar surface area (TPSA) is 56.7 Å². The van der Waals surface area contributed by atoms with Crippen molar-refractivity contribution < 1.29 is 4.39 Å². The van der Waals surface area contributed by atoms with Crippen LogP contribution >= 0.6 is 0 Å². The van der Waals surface area contributed by atoms with Gasteiger partial charge in [-0.2, -0.15) is 0 Å². The maximum Gasteiger partial charge on any atom is 0.155 e. The molecule has 0 aliphatic heterocycles. The van der Waals surface area contributed by atoms with Crippen molar-refractivity contribution in [3.05, 3.63) is 11.9 Å². The van der Waals surface area contributed by atoms with Crippen LogP contribution in [0.5, 0.6) is 0 Å². The van der Waals surface area contributed by atoms with E-state index in [2.05, 4.69) is 10.3 Å². The van der Waals surface area contributed by atoms with Crippen LogP contribution in [0.3, 0.4) is 0 Å². The van der Waals surface area contributed by atoms with E-state index >= 15 is 0 Å². The highest BCUT2D eigenvalue weighted by atomic mass is 19.1. The number of aromatic nitrogens is 3. The molecular weight excluding hydrogens is 159 g/mol. The molecule has 1 unspecified atom stereocenters. The first-order chi connectivity index (χ1) is 5.66.